The van der Waals surface area contributed by atoms with E-state index in [2.05, 4.69) is 19.8 Å². The zero-order valence-corrected chi connectivity index (χ0v) is 20.8. The lowest BCUT2D eigenvalue weighted by atomic mass is 10.1. The molecule has 10 nitrogen and oxygen atoms in total. The van der Waals surface area contributed by atoms with Gasteiger partial charge in [0.15, 0.2) is 0 Å². The quantitative estimate of drug-likeness (QED) is 0.420. The first kappa shape index (κ1) is 25.4. The van der Waals surface area contributed by atoms with E-state index in [1.54, 1.807) is 27.0 Å². The molecule has 0 atom stereocenters. The fourth-order valence-corrected chi connectivity index (χ4v) is 3.79. The molecule has 34 heavy (non-hydrogen) atoms. The molecule has 0 fully saturated rings. The molecule has 2 N–H and O–H groups in total. The first-order valence-electron chi connectivity index (χ1n) is 10.9. The molecule has 2 heterocycles. The van der Waals surface area contributed by atoms with Gasteiger partial charge in [-0.05, 0) is 31.9 Å². The molecule has 1 aromatic carbocycles. The number of nitrogens with one attached hydrogen (secondary N) is 1. The van der Waals surface area contributed by atoms with Gasteiger partial charge in [0.05, 0.1) is 30.7 Å². The molecule has 0 spiro atoms. The molecule has 184 valence electrons. The maximum Gasteiger partial charge on any atom is 0.267 e. The second-order valence-corrected chi connectivity index (χ2v) is 10.7. The van der Waals surface area contributed by atoms with Gasteiger partial charge in [0.1, 0.15) is 10.6 Å². The molecule has 0 aliphatic heterocycles. The molecule has 0 amide bonds. The molecule has 0 saturated heterocycles. The second kappa shape index (κ2) is 10.4. The van der Waals surface area contributed by atoms with E-state index in [4.69, 9.17) is 9.47 Å². The fourth-order valence-electron chi connectivity index (χ4n) is 2.87. The largest absolute Gasteiger partial charge is 0.493 e. The number of anilines is 1. The monoisotopic (exact) mass is 489 g/mol. The van der Waals surface area contributed by atoms with Gasteiger partial charge in [-0.3, -0.25) is 4.68 Å². The lowest BCUT2D eigenvalue weighted by molar-refractivity contribution is 0.0547. The van der Waals surface area contributed by atoms with Crippen molar-refractivity contribution in [1.82, 2.24) is 19.7 Å². The predicted molar refractivity (Wildman–Crippen MR) is 128 cm³/mol. The summed E-state index contributed by atoms with van der Waals surface area (Å²) in [4.78, 5) is 8.64. The minimum atomic E-state index is -3.97. The van der Waals surface area contributed by atoms with Crippen molar-refractivity contribution in [1.29, 1.82) is 0 Å². The third kappa shape index (κ3) is 7.16. The number of rotatable bonds is 11. The van der Waals surface area contributed by atoms with E-state index in [1.807, 2.05) is 38.1 Å². The van der Waals surface area contributed by atoms with E-state index in [-0.39, 0.29) is 23.3 Å². The highest BCUT2D eigenvalue weighted by Crippen LogP contribution is 2.31. The molecule has 0 bridgehead atoms. The van der Waals surface area contributed by atoms with Gasteiger partial charge < -0.3 is 14.6 Å². The highest BCUT2D eigenvalue weighted by Gasteiger charge is 2.20. The van der Waals surface area contributed by atoms with Crippen LogP contribution in [0.4, 0.5) is 5.95 Å². The standard InChI is InChI=1S/C23H31N5O5S/c1-16(2)15-33-20-9-7-6-8-18(20)19-12-21(32-11-10-23(3,4)29)26-22(25-19)27-34(30,31)17-13-24-28(5)14-17/h6-9,12-14,16,29H,10-11,15H2,1-5H3,(H,25,26,27). The van der Waals surface area contributed by atoms with Crippen molar-refractivity contribution >= 4 is 16.0 Å². The Morgan fingerprint density at radius 2 is 1.91 bits per heavy atom. The number of aromatic nitrogens is 4. The SMILES string of the molecule is CC(C)COc1ccccc1-c1cc(OCCC(C)(C)O)nc(NS(=O)(=O)c2cnn(C)c2)n1. The zero-order chi connectivity index (χ0) is 24.9. The van der Waals surface area contributed by atoms with Gasteiger partial charge in [-0.15, -0.1) is 0 Å². The third-order valence-electron chi connectivity index (χ3n) is 4.62. The van der Waals surface area contributed by atoms with Crippen molar-refractivity contribution in [3.8, 4) is 22.9 Å². The molecular weight excluding hydrogens is 458 g/mol. The average molecular weight is 490 g/mol. The Labute approximate surface area is 200 Å². The number of hydrogen-bond acceptors (Lipinski definition) is 8. The number of aryl methyl sites for hydroxylation is 1. The lowest BCUT2D eigenvalue weighted by Gasteiger charge is -2.17. The summed E-state index contributed by atoms with van der Waals surface area (Å²) in [7, 11) is -2.34. The maximum atomic E-state index is 12.8. The van der Waals surface area contributed by atoms with Gasteiger partial charge in [-0.1, -0.05) is 26.0 Å². The summed E-state index contributed by atoms with van der Waals surface area (Å²) in [6.45, 7) is 8.15. The minimum Gasteiger partial charge on any atom is -0.493 e. The summed E-state index contributed by atoms with van der Waals surface area (Å²) in [6, 6.07) is 8.97. The van der Waals surface area contributed by atoms with Crippen LogP contribution in [0.15, 0.2) is 47.6 Å². The van der Waals surface area contributed by atoms with Crippen LogP contribution < -0.4 is 14.2 Å². The number of para-hydroxylation sites is 1. The number of benzene rings is 1. The number of hydrogen-bond donors (Lipinski definition) is 2. The van der Waals surface area contributed by atoms with E-state index >= 15 is 0 Å². The highest BCUT2D eigenvalue weighted by atomic mass is 32.2. The van der Waals surface area contributed by atoms with Crippen molar-refractivity contribution in [3.63, 3.8) is 0 Å². The van der Waals surface area contributed by atoms with Crippen LogP contribution in [-0.2, 0) is 17.1 Å². The van der Waals surface area contributed by atoms with Gasteiger partial charge in [0.2, 0.25) is 11.8 Å². The fraction of sp³-hybridized carbons (Fsp3) is 0.435. The number of sulfonamides is 1. The van der Waals surface area contributed by atoms with Crippen LogP contribution in [0, 0.1) is 5.92 Å². The predicted octanol–water partition coefficient (Wildman–Crippen LogP) is 3.25. The Morgan fingerprint density at radius 3 is 2.56 bits per heavy atom. The first-order chi connectivity index (χ1) is 15.9. The molecule has 11 heteroatoms. The number of aliphatic hydroxyl groups is 1. The summed E-state index contributed by atoms with van der Waals surface area (Å²) in [6.07, 6.45) is 2.97. The summed E-state index contributed by atoms with van der Waals surface area (Å²) < 4.78 is 41.1. The molecule has 0 saturated carbocycles. The molecule has 2 aromatic heterocycles. The normalized spacial score (nSPS) is 12.1. The molecular formula is C23H31N5O5S. The molecule has 3 rings (SSSR count). The maximum absolute atomic E-state index is 12.8. The minimum absolute atomic E-state index is 0.0193. The Kier molecular flexibility index (Phi) is 7.78. The number of ether oxygens (including phenoxy) is 2. The van der Waals surface area contributed by atoms with Crippen LogP contribution >= 0.6 is 0 Å². The van der Waals surface area contributed by atoms with Gasteiger partial charge in [-0.2, -0.15) is 10.1 Å². The van der Waals surface area contributed by atoms with Crippen molar-refractivity contribution in [2.24, 2.45) is 13.0 Å². The van der Waals surface area contributed by atoms with Crippen LogP contribution in [-0.4, -0.2) is 52.1 Å². The van der Waals surface area contributed by atoms with Crippen molar-refractivity contribution < 1.29 is 23.0 Å². The van der Waals surface area contributed by atoms with Crippen LogP contribution in [0.1, 0.15) is 34.1 Å². The van der Waals surface area contributed by atoms with Crippen LogP contribution in [0.2, 0.25) is 0 Å². The van der Waals surface area contributed by atoms with Gasteiger partial charge in [-0.25, -0.2) is 18.1 Å². The van der Waals surface area contributed by atoms with E-state index in [0.717, 1.165) is 0 Å². The molecule has 0 aliphatic carbocycles. The number of nitrogens with zero attached hydrogens (tertiary/aromatic N) is 4. The second-order valence-electron chi connectivity index (χ2n) is 8.98. The smallest absolute Gasteiger partial charge is 0.267 e. The van der Waals surface area contributed by atoms with Gasteiger partial charge in [0.25, 0.3) is 10.0 Å². The Morgan fingerprint density at radius 1 is 1.18 bits per heavy atom. The summed E-state index contributed by atoms with van der Waals surface area (Å²) in [5, 5.41) is 13.9. The van der Waals surface area contributed by atoms with Crippen LogP contribution in [0.3, 0.4) is 0 Å². The van der Waals surface area contributed by atoms with E-state index in [9.17, 15) is 13.5 Å². The Bertz CT molecular complexity index is 1220. The average Bonchev–Trinajstić information content (AvgIpc) is 3.18. The first-order valence-corrected chi connectivity index (χ1v) is 12.4. The van der Waals surface area contributed by atoms with Crippen molar-refractivity contribution in [3.05, 3.63) is 42.7 Å². The molecule has 0 unspecified atom stereocenters. The zero-order valence-electron chi connectivity index (χ0n) is 20.0. The molecule has 3 aromatic rings. The van der Waals surface area contributed by atoms with Gasteiger partial charge in [0, 0.05) is 31.3 Å². The molecule has 0 aliphatic rings. The highest BCUT2D eigenvalue weighted by molar-refractivity contribution is 7.92. The summed E-state index contributed by atoms with van der Waals surface area (Å²) >= 11 is 0. The van der Waals surface area contributed by atoms with E-state index in [1.165, 1.54) is 17.1 Å². The lowest BCUT2D eigenvalue weighted by Crippen LogP contribution is -2.22. The Hall–Kier alpha value is -3.18. The van der Waals surface area contributed by atoms with Crippen molar-refractivity contribution in [2.75, 3.05) is 17.9 Å². The Balaban J connectivity index is 1.98. The van der Waals surface area contributed by atoms with E-state index < -0.39 is 15.6 Å². The van der Waals surface area contributed by atoms with Crippen molar-refractivity contribution in [2.45, 2.75) is 44.6 Å². The molecule has 0 radical (unpaired) electrons. The van der Waals surface area contributed by atoms with Gasteiger partial charge >= 0.3 is 0 Å². The van der Waals surface area contributed by atoms with E-state index in [0.29, 0.717) is 36.0 Å². The summed E-state index contributed by atoms with van der Waals surface area (Å²) in [5.74, 6) is 0.939. The van der Waals surface area contributed by atoms with Crippen LogP contribution in [0.5, 0.6) is 11.6 Å². The topological polar surface area (TPSA) is 128 Å². The van der Waals surface area contributed by atoms with Crippen LogP contribution in [0.25, 0.3) is 11.3 Å². The summed E-state index contributed by atoms with van der Waals surface area (Å²) in [5.41, 5.74) is 0.175. The third-order valence-corrected chi connectivity index (χ3v) is 5.90.